The first-order chi connectivity index (χ1) is 8.08. The van der Waals surface area contributed by atoms with Crippen LogP contribution in [0, 0.1) is 5.92 Å². The van der Waals surface area contributed by atoms with Gasteiger partial charge in [0.1, 0.15) is 5.75 Å². The molecule has 5 N–H and O–H groups in total. The molecule has 0 saturated heterocycles. The van der Waals surface area contributed by atoms with Gasteiger partial charge in [0.25, 0.3) is 0 Å². The van der Waals surface area contributed by atoms with Crippen LogP contribution in [0.25, 0.3) is 6.08 Å². The van der Waals surface area contributed by atoms with Crippen molar-refractivity contribution >= 4 is 17.5 Å². The Bertz CT molecular complexity index is 442. The van der Waals surface area contributed by atoms with E-state index in [1.54, 1.807) is 6.07 Å². The van der Waals surface area contributed by atoms with Gasteiger partial charge in [0.15, 0.2) is 0 Å². The number of nitrogen functional groups attached to an aromatic ring is 2. The van der Waals surface area contributed by atoms with Crippen LogP contribution in [-0.2, 0) is 0 Å². The van der Waals surface area contributed by atoms with Crippen LogP contribution in [0.3, 0.4) is 0 Å². The van der Waals surface area contributed by atoms with E-state index in [9.17, 15) is 5.11 Å². The average Bonchev–Trinajstić information content (AvgIpc) is 2.33. The fourth-order valence-electron chi connectivity index (χ4n) is 2.26. The molecular formula is C14H20N2O. The van der Waals surface area contributed by atoms with E-state index >= 15 is 0 Å². The van der Waals surface area contributed by atoms with Crippen LogP contribution in [0.2, 0.25) is 0 Å². The van der Waals surface area contributed by atoms with E-state index in [1.165, 1.54) is 18.4 Å². The monoisotopic (exact) mass is 232 g/mol. The number of rotatable bonds is 1. The molecule has 1 aromatic rings. The van der Waals surface area contributed by atoms with Crippen molar-refractivity contribution in [2.75, 3.05) is 11.5 Å². The zero-order chi connectivity index (χ0) is 12.4. The number of nitrogens with two attached hydrogens (primary N) is 2. The van der Waals surface area contributed by atoms with Crippen molar-refractivity contribution in [3.05, 3.63) is 23.3 Å². The average molecular weight is 232 g/mol. The Balaban J connectivity index is 2.24. The summed E-state index contributed by atoms with van der Waals surface area (Å²) in [6.07, 6.45) is 6.90. The number of hydrogen-bond donors (Lipinski definition) is 3. The zero-order valence-corrected chi connectivity index (χ0v) is 10.2. The number of anilines is 2. The molecule has 2 rings (SSSR count). The normalized spacial score (nSPS) is 20.3. The molecule has 92 valence electrons. The summed E-state index contributed by atoms with van der Waals surface area (Å²) >= 11 is 0. The summed E-state index contributed by atoms with van der Waals surface area (Å²) in [7, 11) is 0. The quantitative estimate of drug-likeness (QED) is 0.514. The van der Waals surface area contributed by atoms with Gasteiger partial charge < -0.3 is 16.6 Å². The summed E-state index contributed by atoms with van der Waals surface area (Å²) in [5, 5.41) is 9.44. The zero-order valence-electron chi connectivity index (χ0n) is 10.2. The standard InChI is InChI=1S/C14H20N2O/c1-9-2-4-10(5-3-9)8-11-6-7-12(17)14(16)13(11)15/h6-9,17H,2-5,15-16H2,1H3. The van der Waals surface area contributed by atoms with E-state index in [4.69, 9.17) is 11.5 Å². The van der Waals surface area contributed by atoms with E-state index in [-0.39, 0.29) is 11.4 Å². The van der Waals surface area contributed by atoms with Gasteiger partial charge in [-0.25, -0.2) is 0 Å². The van der Waals surface area contributed by atoms with Crippen molar-refractivity contribution in [1.29, 1.82) is 0 Å². The molecular weight excluding hydrogens is 212 g/mol. The van der Waals surface area contributed by atoms with E-state index in [2.05, 4.69) is 13.0 Å². The third-order valence-electron chi connectivity index (χ3n) is 3.57. The molecule has 1 aliphatic carbocycles. The van der Waals surface area contributed by atoms with Crippen LogP contribution in [0.5, 0.6) is 5.75 Å². The number of hydrogen-bond acceptors (Lipinski definition) is 3. The second kappa shape index (κ2) is 4.70. The van der Waals surface area contributed by atoms with Crippen molar-refractivity contribution in [2.45, 2.75) is 32.6 Å². The fourth-order valence-corrected chi connectivity index (χ4v) is 2.26. The molecule has 0 bridgehead atoms. The van der Waals surface area contributed by atoms with Gasteiger partial charge in [-0.1, -0.05) is 18.6 Å². The first kappa shape index (κ1) is 11.8. The number of benzene rings is 1. The Labute approximate surface area is 102 Å². The molecule has 17 heavy (non-hydrogen) atoms. The second-order valence-electron chi connectivity index (χ2n) is 4.99. The summed E-state index contributed by atoms with van der Waals surface area (Å²) in [4.78, 5) is 0. The van der Waals surface area contributed by atoms with Crippen molar-refractivity contribution < 1.29 is 5.11 Å². The van der Waals surface area contributed by atoms with Gasteiger partial charge in [-0.05, 0) is 49.3 Å². The van der Waals surface area contributed by atoms with Crippen LogP contribution in [0.4, 0.5) is 11.4 Å². The lowest BCUT2D eigenvalue weighted by Crippen LogP contribution is -2.04. The topological polar surface area (TPSA) is 72.3 Å². The maximum Gasteiger partial charge on any atom is 0.140 e. The van der Waals surface area contributed by atoms with Gasteiger partial charge >= 0.3 is 0 Å². The third kappa shape index (κ3) is 2.54. The van der Waals surface area contributed by atoms with E-state index < -0.39 is 0 Å². The van der Waals surface area contributed by atoms with Crippen molar-refractivity contribution in [3.63, 3.8) is 0 Å². The maximum atomic E-state index is 9.44. The lowest BCUT2D eigenvalue weighted by atomic mass is 9.86. The molecule has 0 atom stereocenters. The van der Waals surface area contributed by atoms with Crippen LogP contribution in [0.15, 0.2) is 17.7 Å². The summed E-state index contributed by atoms with van der Waals surface area (Å²) in [6, 6.07) is 3.43. The van der Waals surface area contributed by atoms with Gasteiger partial charge in [0, 0.05) is 0 Å². The number of phenolic OH excluding ortho intramolecular Hbond substituents is 1. The Morgan fingerprint density at radius 3 is 2.47 bits per heavy atom. The maximum absolute atomic E-state index is 9.44. The Morgan fingerprint density at radius 1 is 1.18 bits per heavy atom. The third-order valence-corrected chi connectivity index (χ3v) is 3.57. The molecule has 1 aromatic carbocycles. The van der Waals surface area contributed by atoms with Gasteiger partial charge in [-0.15, -0.1) is 0 Å². The number of phenols is 1. The minimum absolute atomic E-state index is 0.0573. The molecule has 0 amide bonds. The molecule has 3 nitrogen and oxygen atoms in total. The Hall–Kier alpha value is -1.64. The van der Waals surface area contributed by atoms with Gasteiger partial charge in [-0.2, -0.15) is 0 Å². The molecule has 0 spiro atoms. The van der Waals surface area contributed by atoms with E-state index in [1.807, 2.05) is 6.07 Å². The minimum atomic E-state index is 0.0573. The van der Waals surface area contributed by atoms with Gasteiger partial charge in [0.2, 0.25) is 0 Å². The first-order valence-corrected chi connectivity index (χ1v) is 6.14. The minimum Gasteiger partial charge on any atom is -0.506 e. The van der Waals surface area contributed by atoms with E-state index in [0.717, 1.165) is 24.3 Å². The fraction of sp³-hybridized carbons (Fsp3) is 0.429. The van der Waals surface area contributed by atoms with Gasteiger partial charge in [0.05, 0.1) is 11.4 Å². The lowest BCUT2D eigenvalue weighted by Gasteiger charge is -2.20. The molecule has 0 radical (unpaired) electrons. The van der Waals surface area contributed by atoms with Crippen molar-refractivity contribution in [3.8, 4) is 5.75 Å². The summed E-state index contributed by atoms with van der Waals surface area (Å²) < 4.78 is 0. The predicted octanol–water partition coefficient (Wildman–Crippen LogP) is 3.15. The lowest BCUT2D eigenvalue weighted by molar-refractivity contribution is 0.446. The van der Waals surface area contributed by atoms with Crippen LogP contribution >= 0.6 is 0 Å². The Morgan fingerprint density at radius 2 is 1.82 bits per heavy atom. The number of allylic oxidation sites excluding steroid dienone is 1. The largest absolute Gasteiger partial charge is 0.506 e. The molecule has 1 fully saturated rings. The van der Waals surface area contributed by atoms with Crippen molar-refractivity contribution in [1.82, 2.24) is 0 Å². The molecule has 0 heterocycles. The smallest absolute Gasteiger partial charge is 0.140 e. The first-order valence-electron chi connectivity index (χ1n) is 6.14. The molecule has 3 heteroatoms. The molecule has 0 aromatic heterocycles. The molecule has 0 unspecified atom stereocenters. The second-order valence-corrected chi connectivity index (χ2v) is 4.99. The highest BCUT2D eigenvalue weighted by atomic mass is 16.3. The van der Waals surface area contributed by atoms with E-state index in [0.29, 0.717) is 5.69 Å². The van der Waals surface area contributed by atoms with Gasteiger partial charge in [-0.3, -0.25) is 0 Å². The molecule has 1 saturated carbocycles. The SMILES string of the molecule is CC1CCC(=Cc2ccc(O)c(N)c2N)CC1. The van der Waals surface area contributed by atoms with Crippen molar-refractivity contribution in [2.24, 2.45) is 5.92 Å². The highest BCUT2D eigenvalue weighted by molar-refractivity contribution is 5.80. The van der Waals surface area contributed by atoms with Crippen LogP contribution < -0.4 is 11.5 Å². The van der Waals surface area contributed by atoms with Crippen LogP contribution in [0.1, 0.15) is 38.2 Å². The highest BCUT2D eigenvalue weighted by Gasteiger charge is 2.13. The highest BCUT2D eigenvalue weighted by Crippen LogP contribution is 2.34. The molecule has 1 aliphatic rings. The van der Waals surface area contributed by atoms with Crippen LogP contribution in [-0.4, -0.2) is 5.11 Å². The summed E-state index contributed by atoms with van der Waals surface area (Å²) in [5.41, 5.74) is 14.7. The summed E-state index contributed by atoms with van der Waals surface area (Å²) in [6.45, 7) is 2.30. The number of aromatic hydroxyl groups is 1. The predicted molar refractivity (Wildman–Crippen MR) is 72.5 cm³/mol. The molecule has 0 aliphatic heterocycles. The summed E-state index contributed by atoms with van der Waals surface area (Å²) in [5.74, 6) is 0.885. The Kier molecular flexibility index (Phi) is 3.27.